The molecular formula is C22H26N2O4S2. The van der Waals surface area contributed by atoms with Gasteiger partial charge in [0.2, 0.25) is 11.8 Å². The topological polar surface area (TPSA) is 84.5 Å². The van der Waals surface area contributed by atoms with Crippen molar-refractivity contribution in [3.05, 3.63) is 40.3 Å². The number of aryl methyl sites for hydroxylation is 1. The van der Waals surface area contributed by atoms with Crippen LogP contribution >= 0.6 is 23.1 Å². The number of esters is 1. The zero-order valence-electron chi connectivity index (χ0n) is 17.2. The molecule has 0 radical (unpaired) electrons. The van der Waals surface area contributed by atoms with Crippen LogP contribution in [0.15, 0.2) is 29.2 Å². The molecule has 0 fully saturated rings. The predicted octanol–water partition coefficient (Wildman–Crippen LogP) is 4.88. The third kappa shape index (κ3) is 5.64. The summed E-state index contributed by atoms with van der Waals surface area (Å²) in [7, 11) is 1.36. The van der Waals surface area contributed by atoms with Crippen molar-refractivity contribution in [3.8, 4) is 0 Å². The van der Waals surface area contributed by atoms with E-state index in [4.69, 9.17) is 4.74 Å². The Kier molecular flexibility index (Phi) is 7.93. The molecule has 2 N–H and O–H groups in total. The van der Waals surface area contributed by atoms with Gasteiger partial charge in [0, 0.05) is 21.9 Å². The van der Waals surface area contributed by atoms with Gasteiger partial charge in [0.1, 0.15) is 5.00 Å². The summed E-state index contributed by atoms with van der Waals surface area (Å²) < 4.78 is 4.95. The molecular weight excluding hydrogens is 420 g/mol. The van der Waals surface area contributed by atoms with Crippen LogP contribution in [0.2, 0.25) is 0 Å². The molecule has 160 valence electrons. The Labute approximate surface area is 184 Å². The standard InChI is InChI=1S/C22H26N2O4S2/c1-3-7-18(25)23-14-8-6-9-15(12-14)29-13-19(26)24-21-20(22(27)28-2)16-10-4-5-11-17(16)30-21/h6,8-9,12H,3-5,7,10-11,13H2,1-2H3,(H,23,25)(H,24,26). The number of thioether (sulfide) groups is 1. The van der Waals surface area contributed by atoms with Crippen molar-refractivity contribution in [2.24, 2.45) is 0 Å². The van der Waals surface area contributed by atoms with Crippen LogP contribution in [-0.2, 0) is 27.2 Å². The van der Waals surface area contributed by atoms with Crippen molar-refractivity contribution in [1.29, 1.82) is 0 Å². The van der Waals surface area contributed by atoms with Gasteiger partial charge in [-0.1, -0.05) is 13.0 Å². The molecule has 0 spiro atoms. The molecule has 8 heteroatoms. The van der Waals surface area contributed by atoms with Gasteiger partial charge < -0.3 is 15.4 Å². The number of hydrogen-bond donors (Lipinski definition) is 2. The van der Waals surface area contributed by atoms with Gasteiger partial charge in [-0.15, -0.1) is 23.1 Å². The average Bonchev–Trinajstić information content (AvgIpc) is 3.10. The van der Waals surface area contributed by atoms with Gasteiger partial charge in [0.15, 0.2) is 0 Å². The minimum Gasteiger partial charge on any atom is -0.465 e. The number of nitrogens with one attached hydrogen (secondary N) is 2. The first-order valence-electron chi connectivity index (χ1n) is 10.1. The number of benzene rings is 1. The molecule has 0 atom stereocenters. The fourth-order valence-electron chi connectivity index (χ4n) is 3.40. The van der Waals surface area contributed by atoms with Gasteiger partial charge in [0.05, 0.1) is 18.4 Å². The van der Waals surface area contributed by atoms with Crippen LogP contribution in [0.25, 0.3) is 0 Å². The summed E-state index contributed by atoms with van der Waals surface area (Å²) in [6, 6.07) is 7.44. The molecule has 1 heterocycles. The van der Waals surface area contributed by atoms with Gasteiger partial charge in [-0.05, 0) is 55.9 Å². The fourth-order valence-corrected chi connectivity index (χ4v) is 5.45. The molecule has 0 saturated heterocycles. The molecule has 0 aliphatic heterocycles. The number of rotatable bonds is 8. The average molecular weight is 447 g/mol. The Bertz CT molecular complexity index is 939. The normalized spacial score (nSPS) is 12.7. The van der Waals surface area contributed by atoms with Crippen LogP contribution in [0.5, 0.6) is 0 Å². The zero-order chi connectivity index (χ0) is 21.5. The Balaban J connectivity index is 1.63. The number of ether oxygens (including phenoxy) is 1. The van der Waals surface area contributed by atoms with Crippen LogP contribution in [0.4, 0.5) is 10.7 Å². The van der Waals surface area contributed by atoms with Crippen molar-refractivity contribution >= 4 is 51.6 Å². The van der Waals surface area contributed by atoms with E-state index in [9.17, 15) is 14.4 Å². The largest absolute Gasteiger partial charge is 0.465 e. The van der Waals surface area contributed by atoms with Gasteiger partial charge in [-0.25, -0.2) is 4.79 Å². The molecule has 0 unspecified atom stereocenters. The van der Waals surface area contributed by atoms with E-state index in [1.165, 1.54) is 35.1 Å². The minimum atomic E-state index is -0.395. The van der Waals surface area contributed by atoms with E-state index in [0.717, 1.165) is 48.3 Å². The summed E-state index contributed by atoms with van der Waals surface area (Å²) in [5, 5.41) is 6.35. The highest BCUT2D eigenvalue weighted by molar-refractivity contribution is 8.00. The van der Waals surface area contributed by atoms with Crippen molar-refractivity contribution in [3.63, 3.8) is 0 Å². The first-order chi connectivity index (χ1) is 14.5. The van der Waals surface area contributed by atoms with Crippen molar-refractivity contribution in [2.45, 2.75) is 50.3 Å². The fraction of sp³-hybridized carbons (Fsp3) is 0.409. The molecule has 1 aromatic carbocycles. The van der Waals surface area contributed by atoms with E-state index in [1.54, 1.807) is 0 Å². The maximum absolute atomic E-state index is 12.6. The minimum absolute atomic E-state index is 0.0191. The molecule has 1 aromatic heterocycles. The van der Waals surface area contributed by atoms with Crippen molar-refractivity contribution < 1.29 is 19.1 Å². The number of amides is 2. The summed E-state index contributed by atoms with van der Waals surface area (Å²) in [5.41, 5.74) is 2.26. The SMILES string of the molecule is CCCC(=O)Nc1cccc(SCC(=O)Nc2sc3c(c2C(=O)OC)CCCC3)c1. The second-order valence-electron chi connectivity index (χ2n) is 7.07. The van der Waals surface area contributed by atoms with Crippen LogP contribution in [-0.4, -0.2) is 30.6 Å². The van der Waals surface area contributed by atoms with Crippen LogP contribution < -0.4 is 10.6 Å². The van der Waals surface area contributed by atoms with E-state index in [2.05, 4.69) is 10.6 Å². The van der Waals surface area contributed by atoms with Gasteiger partial charge in [-0.3, -0.25) is 9.59 Å². The van der Waals surface area contributed by atoms with Gasteiger partial charge in [-0.2, -0.15) is 0 Å². The molecule has 3 rings (SSSR count). The van der Waals surface area contributed by atoms with Crippen molar-refractivity contribution in [1.82, 2.24) is 0 Å². The lowest BCUT2D eigenvalue weighted by molar-refractivity contribution is -0.116. The first kappa shape index (κ1) is 22.4. The van der Waals surface area contributed by atoms with Gasteiger partial charge in [0.25, 0.3) is 0 Å². The van der Waals surface area contributed by atoms with E-state index >= 15 is 0 Å². The lowest BCUT2D eigenvalue weighted by atomic mass is 9.95. The Morgan fingerprint density at radius 1 is 1.13 bits per heavy atom. The molecule has 0 saturated carbocycles. The first-order valence-corrected chi connectivity index (χ1v) is 11.9. The Hall–Kier alpha value is -2.32. The summed E-state index contributed by atoms with van der Waals surface area (Å²) in [5.74, 6) is -0.387. The Morgan fingerprint density at radius 2 is 1.93 bits per heavy atom. The maximum Gasteiger partial charge on any atom is 0.341 e. The monoisotopic (exact) mass is 446 g/mol. The van der Waals surface area contributed by atoms with Crippen molar-refractivity contribution in [2.75, 3.05) is 23.5 Å². The smallest absolute Gasteiger partial charge is 0.341 e. The highest BCUT2D eigenvalue weighted by Crippen LogP contribution is 2.38. The van der Waals surface area contributed by atoms with Crippen LogP contribution in [0.3, 0.4) is 0 Å². The highest BCUT2D eigenvalue weighted by Gasteiger charge is 2.26. The second kappa shape index (κ2) is 10.6. The summed E-state index contributed by atoms with van der Waals surface area (Å²) in [4.78, 5) is 38.7. The molecule has 1 aliphatic rings. The number of methoxy groups -OCH3 is 1. The van der Waals surface area contributed by atoms with Crippen LogP contribution in [0.1, 0.15) is 53.4 Å². The van der Waals surface area contributed by atoms with Crippen LogP contribution in [0, 0.1) is 0 Å². The summed E-state index contributed by atoms with van der Waals surface area (Å²) in [6.45, 7) is 1.96. The molecule has 30 heavy (non-hydrogen) atoms. The molecule has 6 nitrogen and oxygen atoms in total. The lowest BCUT2D eigenvalue weighted by Gasteiger charge is -2.11. The van der Waals surface area contributed by atoms with Gasteiger partial charge >= 0.3 is 5.97 Å². The lowest BCUT2D eigenvalue weighted by Crippen LogP contribution is -2.16. The third-order valence-corrected chi connectivity index (χ3v) is 6.98. The molecule has 0 bridgehead atoms. The number of fused-ring (bicyclic) bond motifs is 1. The van der Waals surface area contributed by atoms with E-state index < -0.39 is 5.97 Å². The van der Waals surface area contributed by atoms with E-state index in [0.29, 0.717) is 17.0 Å². The molecule has 2 aromatic rings. The maximum atomic E-state index is 12.6. The zero-order valence-corrected chi connectivity index (χ0v) is 18.8. The quantitative estimate of drug-likeness (QED) is 0.446. The molecule has 2 amide bonds. The van der Waals surface area contributed by atoms with E-state index in [-0.39, 0.29) is 17.6 Å². The predicted molar refractivity (Wildman–Crippen MR) is 122 cm³/mol. The molecule has 1 aliphatic carbocycles. The number of carbonyl (C=O) groups is 3. The second-order valence-corrected chi connectivity index (χ2v) is 9.22. The number of carbonyl (C=O) groups excluding carboxylic acids is 3. The highest BCUT2D eigenvalue weighted by atomic mass is 32.2. The third-order valence-electron chi connectivity index (χ3n) is 4.78. The summed E-state index contributed by atoms with van der Waals surface area (Å²) in [6.07, 6.45) is 5.19. The number of thiophene rings is 1. The summed E-state index contributed by atoms with van der Waals surface area (Å²) >= 11 is 2.86. The number of anilines is 2. The van der Waals surface area contributed by atoms with E-state index in [1.807, 2.05) is 31.2 Å². The number of hydrogen-bond acceptors (Lipinski definition) is 6. The Morgan fingerprint density at radius 3 is 2.70 bits per heavy atom.